The summed E-state index contributed by atoms with van der Waals surface area (Å²) in [7, 11) is 2.04. The Hall–Kier alpha value is -2.08. The quantitative estimate of drug-likeness (QED) is 0.800. The molecule has 0 aromatic carbocycles. The molecule has 0 amide bonds. The second-order valence-corrected chi connectivity index (χ2v) is 5.92. The minimum absolute atomic E-state index is 0.323. The normalized spacial score (nSPS) is 12.7. The van der Waals surface area contributed by atoms with E-state index in [-0.39, 0.29) is 0 Å². The first-order valence-electron chi connectivity index (χ1n) is 6.49. The monoisotopic (exact) mass is 287 g/mol. The van der Waals surface area contributed by atoms with Gasteiger partial charge in [-0.25, -0.2) is 9.97 Å². The molecule has 104 valence electrons. The lowest BCUT2D eigenvalue weighted by molar-refractivity contribution is 0.681. The van der Waals surface area contributed by atoms with E-state index in [2.05, 4.69) is 39.3 Å². The van der Waals surface area contributed by atoms with Crippen molar-refractivity contribution in [3.63, 3.8) is 0 Å². The van der Waals surface area contributed by atoms with Crippen LogP contribution in [0.5, 0.6) is 0 Å². The summed E-state index contributed by atoms with van der Waals surface area (Å²) in [5.74, 6) is 1.32. The van der Waals surface area contributed by atoms with Crippen molar-refractivity contribution < 1.29 is 0 Å². The van der Waals surface area contributed by atoms with Gasteiger partial charge in [-0.3, -0.25) is 0 Å². The van der Waals surface area contributed by atoms with Crippen LogP contribution < -0.4 is 10.6 Å². The number of likely N-dealkylation sites (N-methyl/N-ethyl adjacent to an activating group) is 1. The lowest BCUT2D eigenvalue weighted by Crippen LogP contribution is -2.31. The minimum atomic E-state index is 0.323. The number of hydrogen-bond acceptors (Lipinski definition) is 5. The summed E-state index contributed by atoms with van der Waals surface area (Å²) in [5, 5.41) is 2.10. The van der Waals surface area contributed by atoms with E-state index in [1.165, 1.54) is 4.88 Å². The van der Waals surface area contributed by atoms with Crippen LogP contribution in [0.4, 0.5) is 11.6 Å². The fourth-order valence-corrected chi connectivity index (χ4v) is 3.06. The molecule has 0 fully saturated rings. The van der Waals surface area contributed by atoms with Gasteiger partial charge in [-0.05, 0) is 18.4 Å². The Morgan fingerprint density at radius 3 is 3.10 bits per heavy atom. The number of thiophene rings is 1. The molecular weight excluding hydrogens is 270 g/mol. The van der Waals surface area contributed by atoms with Crippen LogP contribution in [0, 0.1) is 0 Å². The highest BCUT2D eigenvalue weighted by Crippen LogP contribution is 2.22. The summed E-state index contributed by atoms with van der Waals surface area (Å²) >= 11 is 1.78. The smallest absolute Gasteiger partial charge is 0.180 e. The van der Waals surface area contributed by atoms with Crippen molar-refractivity contribution in [3.8, 4) is 0 Å². The largest absolute Gasteiger partial charge is 0.382 e. The Morgan fingerprint density at radius 2 is 2.35 bits per heavy atom. The predicted octanol–water partition coefficient (Wildman–Crippen LogP) is 2.44. The molecule has 0 aliphatic carbocycles. The molecule has 0 bridgehead atoms. The number of nitrogen functional groups attached to an aromatic ring is 1. The highest BCUT2D eigenvalue weighted by Gasteiger charge is 2.17. The molecule has 6 heteroatoms. The standard InChI is InChI=1S/C14H17N5S/c1-10(8-11-4-3-7-20-11)18(2)14-13-16-5-6-19(13)9-12(15)17-14/h3-7,9-10H,8,15H2,1-2H3. The first-order chi connectivity index (χ1) is 9.65. The molecule has 2 N–H and O–H groups in total. The minimum Gasteiger partial charge on any atom is -0.382 e. The highest BCUT2D eigenvalue weighted by atomic mass is 32.1. The zero-order valence-electron chi connectivity index (χ0n) is 11.5. The van der Waals surface area contributed by atoms with Crippen molar-refractivity contribution in [2.75, 3.05) is 17.7 Å². The van der Waals surface area contributed by atoms with Crippen molar-refractivity contribution in [2.24, 2.45) is 0 Å². The third-order valence-corrected chi connectivity index (χ3v) is 4.35. The van der Waals surface area contributed by atoms with E-state index < -0.39 is 0 Å². The Morgan fingerprint density at radius 1 is 1.50 bits per heavy atom. The lowest BCUT2D eigenvalue weighted by atomic mass is 10.2. The number of hydrogen-bond donors (Lipinski definition) is 1. The van der Waals surface area contributed by atoms with Crippen LogP contribution in [0.3, 0.4) is 0 Å². The number of aromatic nitrogens is 3. The van der Waals surface area contributed by atoms with E-state index in [1.54, 1.807) is 23.7 Å². The Kier molecular flexibility index (Phi) is 3.31. The van der Waals surface area contributed by atoms with E-state index in [4.69, 9.17) is 5.73 Å². The van der Waals surface area contributed by atoms with Gasteiger partial charge in [-0.2, -0.15) is 0 Å². The first kappa shape index (κ1) is 12.9. The fraction of sp³-hybridized carbons (Fsp3) is 0.286. The molecule has 3 aromatic rings. The average molecular weight is 287 g/mol. The molecule has 5 nitrogen and oxygen atoms in total. The van der Waals surface area contributed by atoms with Gasteiger partial charge in [0.15, 0.2) is 11.5 Å². The van der Waals surface area contributed by atoms with Gasteiger partial charge in [0.25, 0.3) is 0 Å². The predicted molar refractivity (Wildman–Crippen MR) is 83.3 cm³/mol. The van der Waals surface area contributed by atoms with E-state index in [1.807, 2.05) is 17.6 Å². The van der Waals surface area contributed by atoms with Crippen LogP contribution in [0.25, 0.3) is 5.65 Å². The van der Waals surface area contributed by atoms with E-state index in [0.717, 1.165) is 17.9 Å². The van der Waals surface area contributed by atoms with Gasteiger partial charge in [0, 0.05) is 36.8 Å². The zero-order chi connectivity index (χ0) is 14.1. The van der Waals surface area contributed by atoms with Crippen LogP contribution in [0.2, 0.25) is 0 Å². The molecule has 1 unspecified atom stereocenters. The Bertz CT molecular complexity index is 704. The van der Waals surface area contributed by atoms with Gasteiger partial charge in [-0.15, -0.1) is 11.3 Å². The number of nitrogens with two attached hydrogens (primary N) is 1. The van der Waals surface area contributed by atoms with Crippen molar-refractivity contribution in [1.82, 2.24) is 14.4 Å². The molecule has 0 saturated heterocycles. The van der Waals surface area contributed by atoms with Crippen LogP contribution >= 0.6 is 11.3 Å². The molecule has 0 radical (unpaired) electrons. The SMILES string of the molecule is CC(Cc1cccs1)N(C)c1nc(N)cn2ccnc12. The summed E-state index contributed by atoms with van der Waals surface area (Å²) in [4.78, 5) is 12.3. The van der Waals surface area contributed by atoms with Crippen molar-refractivity contribution >= 4 is 28.6 Å². The molecular formula is C14H17N5S. The van der Waals surface area contributed by atoms with Gasteiger partial charge < -0.3 is 15.0 Å². The Balaban J connectivity index is 1.91. The number of anilines is 2. The number of imidazole rings is 1. The Labute approximate surface area is 121 Å². The third kappa shape index (κ3) is 2.34. The van der Waals surface area contributed by atoms with Gasteiger partial charge in [0.2, 0.25) is 0 Å². The van der Waals surface area contributed by atoms with Gasteiger partial charge in [0.05, 0.1) is 6.20 Å². The molecule has 3 heterocycles. The van der Waals surface area contributed by atoms with Gasteiger partial charge in [-0.1, -0.05) is 6.07 Å². The van der Waals surface area contributed by atoms with E-state index in [0.29, 0.717) is 11.9 Å². The molecule has 0 aliphatic heterocycles. The molecule has 0 aliphatic rings. The maximum Gasteiger partial charge on any atom is 0.180 e. The van der Waals surface area contributed by atoms with Crippen LogP contribution in [0.1, 0.15) is 11.8 Å². The average Bonchev–Trinajstić information content (AvgIpc) is 3.07. The summed E-state index contributed by atoms with van der Waals surface area (Å²) < 4.78 is 1.91. The van der Waals surface area contributed by atoms with Gasteiger partial charge >= 0.3 is 0 Å². The van der Waals surface area contributed by atoms with Crippen LogP contribution in [-0.2, 0) is 6.42 Å². The number of nitrogens with zero attached hydrogens (tertiary/aromatic N) is 4. The maximum absolute atomic E-state index is 5.87. The van der Waals surface area contributed by atoms with Crippen molar-refractivity contribution in [1.29, 1.82) is 0 Å². The fourth-order valence-electron chi connectivity index (χ4n) is 2.24. The topological polar surface area (TPSA) is 59.5 Å². The molecule has 0 saturated carbocycles. The number of fused-ring (bicyclic) bond motifs is 1. The molecule has 3 aromatic heterocycles. The molecule has 1 atom stereocenters. The van der Waals surface area contributed by atoms with E-state index >= 15 is 0 Å². The van der Waals surface area contributed by atoms with Crippen LogP contribution in [-0.4, -0.2) is 27.5 Å². The summed E-state index contributed by atoms with van der Waals surface area (Å²) in [6, 6.07) is 4.56. The lowest BCUT2D eigenvalue weighted by Gasteiger charge is -2.26. The second kappa shape index (κ2) is 5.13. The van der Waals surface area contributed by atoms with Gasteiger partial charge in [0.1, 0.15) is 5.82 Å². The molecule has 20 heavy (non-hydrogen) atoms. The highest BCUT2D eigenvalue weighted by molar-refractivity contribution is 7.09. The maximum atomic E-state index is 5.87. The van der Waals surface area contributed by atoms with Crippen molar-refractivity contribution in [3.05, 3.63) is 41.0 Å². The van der Waals surface area contributed by atoms with Crippen molar-refractivity contribution in [2.45, 2.75) is 19.4 Å². The third-order valence-electron chi connectivity index (χ3n) is 3.45. The first-order valence-corrected chi connectivity index (χ1v) is 7.37. The molecule has 0 spiro atoms. The summed E-state index contributed by atoms with van der Waals surface area (Å²) in [6.45, 7) is 2.18. The summed E-state index contributed by atoms with van der Waals surface area (Å²) in [5.41, 5.74) is 6.71. The zero-order valence-corrected chi connectivity index (χ0v) is 12.3. The molecule has 3 rings (SSSR count). The summed E-state index contributed by atoms with van der Waals surface area (Å²) in [6.07, 6.45) is 6.41. The van der Waals surface area contributed by atoms with Crippen LogP contribution in [0.15, 0.2) is 36.1 Å². The number of rotatable bonds is 4. The van der Waals surface area contributed by atoms with E-state index in [9.17, 15) is 0 Å². The second-order valence-electron chi connectivity index (χ2n) is 4.89.